The van der Waals surface area contributed by atoms with Crippen LogP contribution in [0.15, 0.2) is 18.2 Å². The zero-order valence-electron chi connectivity index (χ0n) is 7.72. The number of nitrogens with one attached hydrogen (secondary N) is 1. The van der Waals surface area contributed by atoms with Crippen LogP contribution in [0.1, 0.15) is 36.5 Å². The van der Waals surface area contributed by atoms with Crippen molar-refractivity contribution in [3.63, 3.8) is 0 Å². The van der Waals surface area contributed by atoms with E-state index in [9.17, 15) is 0 Å². The molecule has 1 heterocycles. The van der Waals surface area contributed by atoms with Gasteiger partial charge >= 0.3 is 0 Å². The highest BCUT2D eigenvalue weighted by Crippen LogP contribution is 2.25. The highest BCUT2D eigenvalue weighted by molar-refractivity contribution is 5.39. The van der Waals surface area contributed by atoms with Crippen LogP contribution >= 0.6 is 0 Å². The first kappa shape index (κ1) is 7.81. The summed E-state index contributed by atoms with van der Waals surface area (Å²) in [6, 6.07) is 6.64. The van der Waals surface area contributed by atoms with E-state index < -0.39 is 0 Å². The van der Waals surface area contributed by atoms with Crippen molar-refractivity contribution in [2.45, 2.75) is 32.9 Å². The predicted octanol–water partition coefficient (Wildman–Crippen LogP) is 2.41. The molecule has 1 aliphatic heterocycles. The lowest BCUT2D eigenvalue weighted by Gasteiger charge is -2.10. The molecule has 1 aromatic rings. The van der Waals surface area contributed by atoms with Gasteiger partial charge < -0.3 is 5.32 Å². The topological polar surface area (TPSA) is 12.0 Å². The molecule has 2 rings (SSSR count). The van der Waals surface area contributed by atoms with Gasteiger partial charge in [0.25, 0.3) is 0 Å². The molecule has 0 aromatic heterocycles. The number of hydrogen-bond donors (Lipinski definition) is 1. The Morgan fingerprint density at radius 3 is 2.83 bits per heavy atom. The molecule has 0 fully saturated rings. The van der Waals surface area contributed by atoms with Crippen LogP contribution in [0.2, 0.25) is 0 Å². The Hall–Kier alpha value is -0.820. The largest absolute Gasteiger partial charge is 0.309 e. The van der Waals surface area contributed by atoms with E-state index >= 15 is 0 Å². The third kappa shape index (κ3) is 1.14. The van der Waals surface area contributed by atoms with Crippen molar-refractivity contribution >= 4 is 0 Å². The Kier molecular flexibility index (Phi) is 1.89. The molecule has 1 N–H and O–H groups in total. The van der Waals surface area contributed by atoms with Gasteiger partial charge in [-0.25, -0.2) is 0 Å². The fraction of sp³-hybridized carbons (Fsp3) is 0.455. The fourth-order valence-electron chi connectivity index (χ4n) is 1.90. The minimum absolute atomic E-state index is 0.653. The summed E-state index contributed by atoms with van der Waals surface area (Å²) in [6.07, 6.45) is 0. The van der Waals surface area contributed by atoms with E-state index in [1.54, 1.807) is 0 Å². The third-order valence-corrected chi connectivity index (χ3v) is 2.55. The molecule has 1 aliphatic rings. The van der Waals surface area contributed by atoms with E-state index in [1.807, 2.05) is 0 Å². The van der Waals surface area contributed by atoms with E-state index in [2.05, 4.69) is 37.4 Å². The van der Waals surface area contributed by atoms with Gasteiger partial charge in [-0.2, -0.15) is 0 Å². The fourth-order valence-corrected chi connectivity index (χ4v) is 1.90. The minimum atomic E-state index is 0.653. The second-order valence-electron chi connectivity index (χ2n) is 3.74. The maximum absolute atomic E-state index is 3.38. The summed E-state index contributed by atoms with van der Waals surface area (Å²) < 4.78 is 0. The van der Waals surface area contributed by atoms with Crippen molar-refractivity contribution in [1.82, 2.24) is 5.32 Å². The summed E-state index contributed by atoms with van der Waals surface area (Å²) >= 11 is 0. The molecule has 1 nitrogen and oxygen atoms in total. The quantitative estimate of drug-likeness (QED) is 0.667. The molecule has 1 heteroatoms. The summed E-state index contributed by atoms with van der Waals surface area (Å²) in [4.78, 5) is 0. The van der Waals surface area contributed by atoms with Crippen LogP contribution < -0.4 is 5.32 Å². The molecule has 12 heavy (non-hydrogen) atoms. The van der Waals surface area contributed by atoms with Crippen LogP contribution in [0.3, 0.4) is 0 Å². The van der Waals surface area contributed by atoms with E-state index in [0.717, 1.165) is 13.1 Å². The lowest BCUT2D eigenvalue weighted by Crippen LogP contribution is -2.01. The Bertz CT molecular complexity index is 289. The van der Waals surface area contributed by atoms with Crippen LogP contribution in [0.5, 0.6) is 0 Å². The molecule has 0 bridgehead atoms. The monoisotopic (exact) mass is 161 g/mol. The number of benzene rings is 1. The van der Waals surface area contributed by atoms with Gasteiger partial charge in [-0.05, 0) is 22.6 Å². The Morgan fingerprint density at radius 2 is 2.08 bits per heavy atom. The molecule has 0 atom stereocenters. The highest BCUT2D eigenvalue weighted by atomic mass is 14.9. The molecule has 0 unspecified atom stereocenters. The van der Waals surface area contributed by atoms with Crippen LogP contribution in [-0.4, -0.2) is 0 Å². The standard InChI is InChI=1S/C11H15N/c1-8(2)10-5-3-4-9-6-12-7-11(9)10/h3-5,8,12H,6-7H2,1-2H3. The zero-order valence-corrected chi connectivity index (χ0v) is 7.72. The van der Waals surface area contributed by atoms with Crippen LogP contribution in [0.4, 0.5) is 0 Å². The number of rotatable bonds is 1. The Labute approximate surface area is 73.8 Å². The first-order valence-electron chi connectivity index (χ1n) is 4.60. The SMILES string of the molecule is CC(C)c1cccc2c1CNC2. The molecular formula is C11H15N. The minimum Gasteiger partial charge on any atom is -0.309 e. The van der Waals surface area contributed by atoms with Crippen molar-refractivity contribution in [2.24, 2.45) is 0 Å². The summed E-state index contributed by atoms with van der Waals surface area (Å²) in [6.45, 7) is 6.63. The summed E-state index contributed by atoms with van der Waals surface area (Å²) in [5.74, 6) is 0.653. The molecule has 0 amide bonds. The second kappa shape index (κ2) is 2.91. The van der Waals surface area contributed by atoms with Crippen molar-refractivity contribution < 1.29 is 0 Å². The molecule has 0 spiro atoms. The summed E-state index contributed by atoms with van der Waals surface area (Å²) in [5.41, 5.74) is 4.53. The van der Waals surface area contributed by atoms with E-state index in [1.165, 1.54) is 16.7 Å². The Morgan fingerprint density at radius 1 is 1.25 bits per heavy atom. The third-order valence-electron chi connectivity index (χ3n) is 2.55. The number of fused-ring (bicyclic) bond motifs is 1. The molecule has 0 radical (unpaired) electrons. The normalized spacial score (nSPS) is 15.2. The van der Waals surface area contributed by atoms with E-state index in [4.69, 9.17) is 0 Å². The van der Waals surface area contributed by atoms with Gasteiger partial charge in [0.15, 0.2) is 0 Å². The second-order valence-corrected chi connectivity index (χ2v) is 3.74. The highest BCUT2D eigenvalue weighted by Gasteiger charge is 2.14. The van der Waals surface area contributed by atoms with Gasteiger partial charge in [0.05, 0.1) is 0 Å². The zero-order chi connectivity index (χ0) is 8.55. The van der Waals surface area contributed by atoms with Crippen molar-refractivity contribution in [3.8, 4) is 0 Å². The predicted molar refractivity (Wildman–Crippen MR) is 51.1 cm³/mol. The van der Waals surface area contributed by atoms with Crippen LogP contribution in [0.25, 0.3) is 0 Å². The smallest absolute Gasteiger partial charge is 0.0214 e. The van der Waals surface area contributed by atoms with E-state index in [0.29, 0.717) is 5.92 Å². The average Bonchev–Trinajstić information content (AvgIpc) is 2.49. The molecule has 1 aromatic carbocycles. The molecular weight excluding hydrogens is 146 g/mol. The lowest BCUT2D eigenvalue weighted by atomic mass is 9.95. The number of hydrogen-bond acceptors (Lipinski definition) is 1. The average molecular weight is 161 g/mol. The molecule has 64 valence electrons. The maximum atomic E-state index is 3.38. The van der Waals surface area contributed by atoms with Gasteiger partial charge in [0.1, 0.15) is 0 Å². The van der Waals surface area contributed by atoms with Gasteiger partial charge in [0, 0.05) is 13.1 Å². The van der Waals surface area contributed by atoms with Crippen molar-refractivity contribution in [1.29, 1.82) is 0 Å². The molecule has 0 aliphatic carbocycles. The lowest BCUT2D eigenvalue weighted by molar-refractivity contribution is 0.755. The van der Waals surface area contributed by atoms with Gasteiger partial charge in [-0.15, -0.1) is 0 Å². The van der Waals surface area contributed by atoms with Crippen LogP contribution in [-0.2, 0) is 13.1 Å². The summed E-state index contributed by atoms with van der Waals surface area (Å²) in [7, 11) is 0. The van der Waals surface area contributed by atoms with Gasteiger partial charge in [0.2, 0.25) is 0 Å². The van der Waals surface area contributed by atoms with Gasteiger partial charge in [-0.3, -0.25) is 0 Å². The first-order chi connectivity index (χ1) is 5.79. The Balaban J connectivity index is 2.49. The maximum Gasteiger partial charge on any atom is 0.0214 e. The summed E-state index contributed by atoms with van der Waals surface area (Å²) in [5, 5.41) is 3.38. The van der Waals surface area contributed by atoms with Crippen molar-refractivity contribution in [2.75, 3.05) is 0 Å². The van der Waals surface area contributed by atoms with Crippen molar-refractivity contribution in [3.05, 3.63) is 34.9 Å². The van der Waals surface area contributed by atoms with E-state index in [-0.39, 0.29) is 0 Å². The molecule has 0 saturated carbocycles. The van der Waals surface area contributed by atoms with Gasteiger partial charge in [-0.1, -0.05) is 32.0 Å². The molecule has 0 saturated heterocycles. The first-order valence-corrected chi connectivity index (χ1v) is 4.60. The van der Waals surface area contributed by atoms with Crippen LogP contribution in [0, 0.1) is 0 Å².